The minimum absolute atomic E-state index is 0.0150. The van der Waals surface area contributed by atoms with Crippen LogP contribution in [0.5, 0.6) is 0 Å². The van der Waals surface area contributed by atoms with Gasteiger partial charge in [0.1, 0.15) is 18.2 Å². The molecule has 0 aromatic heterocycles. The number of amides is 1. The minimum atomic E-state index is -1.20. The molecule has 1 rings (SSSR count). The van der Waals surface area contributed by atoms with Gasteiger partial charge in [-0.25, -0.2) is 9.28 Å². The Labute approximate surface area is 93.7 Å². The fourth-order valence-corrected chi connectivity index (χ4v) is 2.50. The summed E-state index contributed by atoms with van der Waals surface area (Å²) < 4.78 is -0.622. The van der Waals surface area contributed by atoms with Gasteiger partial charge in [-0.15, -0.1) is 0 Å². The van der Waals surface area contributed by atoms with E-state index in [9.17, 15) is 19.8 Å². The van der Waals surface area contributed by atoms with Crippen molar-refractivity contribution in [1.29, 1.82) is 0 Å². The molecule has 0 aliphatic carbocycles. The summed E-state index contributed by atoms with van der Waals surface area (Å²) in [5.74, 6) is -1.17. The van der Waals surface area contributed by atoms with Gasteiger partial charge in [0.05, 0.1) is 0 Å². The summed E-state index contributed by atoms with van der Waals surface area (Å²) in [5.41, 5.74) is -0.771. The number of hydrogen-bond acceptors (Lipinski definition) is 3. The zero-order chi connectivity index (χ0) is 12.7. The third kappa shape index (κ3) is 1.68. The number of nitrogens with zero attached hydrogens (tertiary/aromatic N) is 1. The summed E-state index contributed by atoms with van der Waals surface area (Å²) >= 11 is 0. The van der Waals surface area contributed by atoms with Gasteiger partial charge < -0.3 is 15.3 Å². The molecule has 1 heterocycles. The molecule has 3 atom stereocenters. The molecule has 0 aromatic carbocycles. The first-order valence-corrected chi connectivity index (χ1v) is 5.15. The molecule has 0 saturated carbocycles. The molecule has 0 spiro atoms. The topological polar surface area (TPSA) is 94.8 Å². The van der Waals surface area contributed by atoms with Crippen molar-refractivity contribution in [2.45, 2.75) is 44.9 Å². The van der Waals surface area contributed by atoms with Crippen LogP contribution in [0.25, 0.3) is 0 Å². The average molecular weight is 232 g/mol. The zero-order valence-corrected chi connectivity index (χ0v) is 9.67. The molecule has 3 N–H and O–H groups in total. The van der Waals surface area contributed by atoms with Gasteiger partial charge in [-0.1, -0.05) is 0 Å². The molecule has 0 bridgehead atoms. The Balaban J connectivity index is 3.29. The van der Waals surface area contributed by atoms with Crippen molar-refractivity contribution in [3.8, 4) is 0 Å². The van der Waals surface area contributed by atoms with E-state index in [4.69, 9.17) is 5.11 Å². The van der Waals surface area contributed by atoms with Crippen LogP contribution in [-0.4, -0.2) is 56.1 Å². The lowest BCUT2D eigenvalue weighted by molar-refractivity contribution is -0.908. The number of carbonyl (C=O) groups is 2. The molecule has 92 valence electrons. The summed E-state index contributed by atoms with van der Waals surface area (Å²) in [6, 6.07) is -1.09. The van der Waals surface area contributed by atoms with E-state index in [1.165, 1.54) is 0 Å². The first-order chi connectivity index (χ1) is 7.13. The first kappa shape index (κ1) is 12.9. The number of carboxylic acids is 1. The molecular formula is C10H18NO5+. The summed E-state index contributed by atoms with van der Waals surface area (Å²) in [4.78, 5) is 22.6. The molecule has 1 saturated heterocycles. The van der Waals surface area contributed by atoms with E-state index in [0.717, 1.165) is 0 Å². The number of aliphatic carboxylic acids is 1. The normalized spacial score (nSPS) is 35.0. The SMILES string of the molecule is CC(C)(C)[N+]1(C(=O)O)C[C@H](O)C[C@@H]1C(=O)O. The Hall–Kier alpha value is -1.14. The highest BCUT2D eigenvalue weighted by molar-refractivity contribution is 5.75. The Morgan fingerprint density at radius 3 is 2.00 bits per heavy atom. The molecule has 16 heavy (non-hydrogen) atoms. The van der Waals surface area contributed by atoms with E-state index >= 15 is 0 Å². The maximum absolute atomic E-state index is 11.4. The van der Waals surface area contributed by atoms with E-state index < -0.39 is 34.2 Å². The smallest absolute Gasteiger partial charge is 0.477 e. The molecule has 0 radical (unpaired) electrons. The van der Waals surface area contributed by atoms with Gasteiger partial charge in [0.15, 0.2) is 0 Å². The number of aliphatic hydroxyl groups excluding tert-OH is 1. The lowest BCUT2D eigenvalue weighted by atomic mass is 10.00. The monoisotopic (exact) mass is 232 g/mol. The van der Waals surface area contributed by atoms with Crippen molar-refractivity contribution in [2.24, 2.45) is 0 Å². The van der Waals surface area contributed by atoms with E-state index in [1.807, 2.05) is 0 Å². The second kappa shape index (κ2) is 3.71. The molecule has 1 fully saturated rings. The number of hydrogen-bond donors (Lipinski definition) is 3. The molecule has 6 nitrogen and oxygen atoms in total. The van der Waals surface area contributed by atoms with E-state index in [0.29, 0.717) is 0 Å². The molecule has 0 aromatic rings. The van der Waals surface area contributed by atoms with Crippen LogP contribution in [0.3, 0.4) is 0 Å². The maximum atomic E-state index is 11.4. The van der Waals surface area contributed by atoms with Crippen molar-refractivity contribution in [3.63, 3.8) is 0 Å². The highest BCUT2D eigenvalue weighted by Gasteiger charge is 2.62. The van der Waals surface area contributed by atoms with E-state index in [1.54, 1.807) is 20.8 Å². The van der Waals surface area contributed by atoms with Gasteiger partial charge in [-0.2, -0.15) is 4.79 Å². The molecule has 1 amide bonds. The Morgan fingerprint density at radius 2 is 1.75 bits per heavy atom. The van der Waals surface area contributed by atoms with Crippen LogP contribution >= 0.6 is 0 Å². The number of quaternary nitrogens is 1. The highest BCUT2D eigenvalue weighted by atomic mass is 16.4. The van der Waals surface area contributed by atoms with Gasteiger partial charge in [0, 0.05) is 6.42 Å². The second-order valence-electron chi connectivity index (χ2n) is 5.25. The lowest BCUT2D eigenvalue weighted by Gasteiger charge is -2.42. The summed E-state index contributed by atoms with van der Waals surface area (Å²) in [7, 11) is 0. The van der Waals surface area contributed by atoms with Crippen molar-refractivity contribution in [2.75, 3.05) is 6.54 Å². The first-order valence-electron chi connectivity index (χ1n) is 5.15. The van der Waals surface area contributed by atoms with Crippen LogP contribution in [0, 0.1) is 0 Å². The molecular weight excluding hydrogens is 214 g/mol. The van der Waals surface area contributed by atoms with Crippen LogP contribution in [-0.2, 0) is 4.79 Å². The van der Waals surface area contributed by atoms with Crippen LogP contribution in [0.4, 0.5) is 4.79 Å². The van der Waals surface area contributed by atoms with Crippen LogP contribution in [0.15, 0.2) is 0 Å². The lowest BCUT2D eigenvalue weighted by Crippen LogP contribution is -2.67. The molecule has 1 unspecified atom stereocenters. The predicted octanol–water partition coefficient (Wildman–Crippen LogP) is 0.497. The predicted molar refractivity (Wildman–Crippen MR) is 55.0 cm³/mol. The van der Waals surface area contributed by atoms with Gasteiger partial charge in [0.25, 0.3) is 0 Å². The van der Waals surface area contributed by atoms with E-state index in [-0.39, 0.29) is 13.0 Å². The molecule has 1 aliphatic rings. The van der Waals surface area contributed by atoms with Crippen molar-refractivity contribution in [1.82, 2.24) is 0 Å². The fraction of sp³-hybridized carbons (Fsp3) is 0.800. The van der Waals surface area contributed by atoms with E-state index in [2.05, 4.69) is 0 Å². The standard InChI is InChI=1S/C10H17NO5/c1-10(2,3)11(9(15)16)5-6(12)4-7(11)8(13)14/h6-7,12H,4-5H2,1-3H3,(H-,13,14,15,16)/p+1/t6-,7-,11?/m1/s1. The fourth-order valence-electron chi connectivity index (χ4n) is 2.50. The van der Waals surface area contributed by atoms with Crippen molar-refractivity contribution >= 4 is 12.1 Å². The molecule has 6 heteroatoms. The van der Waals surface area contributed by atoms with Gasteiger partial charge >= 0.3 is 12.1 Å². The van der Waals surface area contributed by atoms with Crippen LogP contribution < -0.4 is 0 Å². The summed E-state index contributed by atoms with van der Waals surface area (Å²) in [6.07, 6.45) is -2.09. The van der Waals surface area contributed by atoms with Crippen molar-refractivity contribution in [3.05, 3.63) is 0 Å². The Bertz CT molecular complexity index is 322. The average Bonchev–Trinajstić information content (AvgIpc) is 2.42. The van der Waals surface area contributed by atoms with Gasteiger partial charge in [0.2, 0.25) is 6.04 Å². The largest absolute Gasteiger partial charge is 0.514 e. The van der Waals surface area contributed by atoms with Crippen LogP contribution in [0.1, 0.15) is 27.2 Å². The second-order valence-corrected chi connectivity index (χ2v) is 5.25. The highest BCUT2D eigenvalue weighted by Crippen LogP contribution is 2.37. The Morgan fingerprint density at radius 1 is 1.25 bits per heavy atom. The maximum Gasteiger partial charge on any atom is 0.514 e. The zero-order valence-electron chi connectivity index (χ0n) is 9.67. The third-order valence-corrected chi connectivity index (χ3v) is 3.35. The van der Waals surface area contributed by atoms with Gasteiger partial charge in [-0.3, -0.25) is 0 Å². The van der Waals surface area contributed by atoms with Crippen LogP contribution in [0.2, 0.25) is 0 Å². The third-order valence-electron chi connectivity index (χ3n) is 3.35. The number of aliphatic hydroxyl groups is 1. The minimum Gasteiger partial charge on any atom is -0.477 e. The number of likely N-dealkylation sites (tertiary alicyclic amines) is 1. The number of carboxylic acid groups (broad SMARTS) is 2. The number of rotatable bonds is 1. The van der Waals surface area contributed by atoms with Crippen molar-refractivity contribution < 1.29 is 29.4 Å². The quantitative estimate of drug-likeness (QED) is 0.572. The molecule has 1 aliphatic heterocycles. The summed E-state index contributed by atoms with van der Waals surface area (Å²) in [6.45, 7) is 4.97. The Kier molecular flexibility index (Phi) is 3.00. The van der Waals surface area contributed by atoms with Gasteiger partial charge in [-0.05, 0) is 20.8 Å². The summed E-state index contributed by atoms with van der Waals surface area (Å²) in [5, 5.41) is 28.0.